The molecule has 0 aromatic heterocycles. The summed E-state index contributed by atoms with van der Waals surface area (Å²) >= 11 is 0. The number of nitrogens with one attached hydrogen (secondary N) is 1. The SMILES string of the molecule is CC(C)C(C)(CN)NC(=O)C1CC2CC2C1. The van der Waals surface area contributed by atoms with Crippen LogP contribution in [0.3, 0.4) is 0 Å². The molecule has 16 heavy (non-hydrogen) atoms. The first-order valence-electron chi connectivity index (χ1n) is 6.48. The van der Waals surface area contributed by atoms with E-state index in [9.17, 15) is 4.79 Å². The molecule has 3 N–H and O–H groups in total. The largest absolute Gasteiger partial charge is 0.349 e. The molecule has 0 radical (unpaired) electrons. The van der Waals surface area contributed by atoms with Crippen LogP contribution >= 0.6 is 0 Å². The normalized spacial score (nSPS) is 35.7. The fourth-order valence-electron chi connectivity index (χ4n) is 2.74. The van der Waals surface area contributed by atoms with E-state index in [1.165, 1.54) is 6.42 Å². The Balaban J connectivity index is 1.90. The first-order chi connectivity index (χ1) is 7.46. The lowest BCUT2D eigenvalue weighted by Crippen LogP contribution is -2.56. The summed E-state index contributed by atoms with van der Waals surface area (Å²) in [6.07, 6.45) is 3.58. The predicted octanol–water partition coefficient (Wildman–Crippen LogP) is 1.52. The van der Waals surface area contributed by atoms with Crippen molar-refractivity contribution < 1.29 is 4.79 Å². The van der Waals surface area contributed by atoms with Gasteiger partial charge in [0.1, 0.15) is 0 Å². The lowest BCUT2D eigenvalue weighted by molar-refractivity contribution is -0.127. The summed E-state index contributed by atoms with van der Waals surface area (Å²) in [7, 11) is 0. The van der Waals surface area contributed by atoms with Gasteiger partial charge in [0.2, 0.25) is 5.91 Å². The van der Waals surface area contributed by atoms with Crippen molar-refractivity contribution in [3.05, 3.63) is 0 Å². The van der Waals surface area contributed by atoms with Crippen LogP contribution in [0.1, 0.15) is 40.0 Å². The van der Waals surface area contributed by atoms with Gasteiger partial charge in [-0.3, -0.25) is 4.79 Å². The van der Waals surface area contributed by atoms with Crippen molar-refractivity contribution >= 4 is 5.91 Å². The molecule has 0 saturated heterocycles. The lowest BCUT2D eigenvalue weighted by atomic mass is 9.87. The van der Waals surface area contributed by atoms with Gasteiger partial charge >= 0.3 is 0 Å². The van der Waals surface area contributed by atoms with E-state index in [0.29, 0.717) is 12.5 Å². The highest BCUT2D eigenvalue weighted by Crippen LogP contribution is 2.54. The third-order valence-corrected chi connectivity index (χ3v) is 4.72. The van der Waals surface area contributed by atoms with Crippen LogP contribution in [0.5, 0.6) is 0 Å². The smallest absolute Gasteiger partial charge is 0.223 e. The molecule has 1 amide bonds. The first-order valence-corrected chi connectivity index (χ1v) is 6.48. The lowest BCUT2D eigenvalue weighted by Gasteiger charge is -2.34. The second-order valence-electron chi connectivity index (χ2n) is 6.19. The number of hydrogen-bond donors (Lipinski definition) is 2. The van der Waals surface area contributed by atoms with Crippen LogP contribution < -0.4 is 11.1 Å². The zero-order valence-electron chi connectivity index (χ0n) is 10.6. The molecule has 2 aliphatic rings. The average molecular weight is 224 g/mol. The van der Waals surface area contributed by atoms with Gasteiger partial charge in [-0.1, -0.05) is 13.8 Å². The van der Waals surface area contributed by atoms with Crippen molar-refractivity contribution in [2.24, 2.45) is 29.4 Å². The van der Waals surface area contributed by atoms with Gasteiger partial charge in [-0.05, 0) is 43.9 Å². The van der Waals surface area contributed by atoms with Crippen molar-refractivity contribution in [3.63, 3.8) is 0 Å². The topological polar surface area (TPSA) is 55.1 Å². The summed E-state index contributed by atoms with van der Waals surface area (Å²) in [5, 5.41) is 3.16. The molecular weight excluding hydrogens is 200 g/mol. The number of fused-ring (bicyclic) bond motifs is 1. The van der Waals surface area contributed by atoms with Crippen LogP contribution in [0.25, 0.3) is 0 Å². The number of rotatable bonds is 4. The number of amides is 1. The number of nitrogens with two attached hydrogens (primary N) is 1. The molecule has 92 valence electrons. The highest BCUT2D eigenvalue weighted by atomic mass is 16.2. The average Bonchev–Trinajstić information content (AvgIpc) is 2.85. The number of hydrogen-bond acceptors (Lipinski definition) is 2. The van der Waals surface area contributed by atoms with Crippen molar-refractivity contribution in [1.82, 2.24) is 5.32 Å². The van der Waals surface area contributed by atoms with Crippen LogP contribution in [0.15, 0.2) is 0 Å². The molecular formula is C13H24N2O. The Hall–Kier alpha value is -0.570. The molecule has 3 heteroatoms. The summed E-state index contributed by atoms with van der Waals surface area (Å²) in [5.74, 6) is 2.58. The van der Waals surface area contributed by atoms with Gasteiger partial charge in [0.25, 0.3) is 0 Å². The standard InChI is InChI=1S/C13H24N2O/c1-8(2)13(3,7-14)15-12(16)11-5-9-4-10(9)6-11/h8-11H,4-7,14H2,1-3H3,(H,15,16). The van der Waals surface area contributed by atoms with E-state index in [4.69, 9.17) is 5.73 Å². The van der Waals surface area contributed by atoms with Crippen LogP contribution in [0, 0.1) is 23.7 Å². The molecule has 2 rings (SSSR count). The highest BCUT2D eigenvalue weighted by molar-refractivity contribution is 5.80. The van der Waals surface area contributed by atoms with E-state index < -0.39 is 0 Å². The molecule has 3 atom stereocenters. The van der Waals surface area contributed by atoms with E-state index >= 15 is 0 Å². The van der Waals surface area contributed by atoms with E-state index in [2.05, 4.69) is 19.2 Å². The molecule has 0 aromatic rings. The molecule has 2 fully saturated rings. The van der Waals surface area contributed by atoms with Gasteiger partial charge in [0.05, 0.1) is 5.54 Å². The molecule has 3 unspecified atom stereocenters. The summed E-state index contributed by atoms with van der Waals surface area (Å²) in [5.41, 5.74) is 5.53. The van der Waals surface area contributed by atoms with Crippen molar-refractivity contribution in [2.45, 2.75) is 45.6 Å². The Labute approximate surface area is 98.2 Å². The van der Waals surface area contributed by atoms with E-state index in [1.54, 1.807) is 0 Å². The number of carbonyl (C=O) groups is 1. The molecule has 0 aliphatic heterocycles. The minimum Gasteiger partial charge on any atom is -0.349 e. The number of carbonyl (C=O) groups excluding carboxylic acids is 1. The predicted molar refractivity (Wildman–Crippen MR) is 64.8 cm³/mol. The molecule has 0 bridgehead atoms. The fourth-order valence-corrected chi connectivity index (χ4v) is 2.74. The Kier molecular flexibility index (Phi) is 2.99. The van der Waals surface area contributed by atoms with Gasteiger partial charge in [-0.25, -0.2) is 0 Å². The molecule has 3 nitrogen and oxygen atoms in total. The molecule has 0 heterocycles. The third kappa shape index (κ3) is 2.10. The summed E-state index contributed by atoms with van der Waals surface area (Å²) < 4.78 is 0. The maximum atomic E-state index is 12.1. The van der Waals surface area contributed by atoms with Crippen molar-refractivity contribution in [3.8, 4) is 0 Å². The fraction of sp³-hybridized carbons (Fsp3) is 0.923. The maximum absolute atomic E-state index is 12.1. The quantitative estimate of drug-likeness (QED) is 0.760. The van der Waals surface area contributed by atoms with E-state index in [1.807, 2.05) is 6.92 Å². The van der Waals surface area contributed by atoms with Crippen LogP contribution in [0.4, 0.5) is 0 Å². The highest BCUT2D eigenvalue weighted by Gasteiger charge is 2.48. The monoisotopic (exact) mass is 224 g/mol. The van der Waals surface area contributed by atoms with Gasteiger partial charge in [0, 0.05) is 12.5 Å². The second kappa shape index (κ2) is 4.02. The van der Waals surface area contributed by atoms with E-state index in [0.717, 1.165) is 24.7 Å². The second-order valence-corrected chi connectivity index (χ2v) is 6.19. The van der Waals surface area contributed by atoms with Crippen LogP contribution in [-0.4, -0.2) is 18.0 Å². The minimum atomic E-state index is -0.246. The third-order valence-electron chi connectivity index (χ3n) is 4.72. The van der Waals surface area contributed by atoms with Crippen molar-refractivity contribution in [2.75, 3.05) is 6.54 Å². The summed E-state index contributed by atoms with van der Waals surface area (Å²) in [6.45, 7) is 6.78. The van der Waals surface area contributed by atoms with E-state index in [-0.39, 0.29) is 17.4 Å². The Morgan fingerprint density at radius 1 is 1.38 bits per heavy atom. The Bertz CT molecular complexity index is 280. The zero-order valence-corrected chi connectivity index (χ0v) is 10.6. The Morgan fingerprint density at radius 2 is 1.94 bits per heavy atom. The van der Waals surface area contributed by atoms with Crippen LogP contribution in [-0.2, 0) is 4.79 Å². The van der Waals surface area contributed by atoms with Crippen LogP contribution in [0.2, 0.25) is 0 Å². The Morgan fingerprint density at radius 3 is 2.38 bits per heavy atom. The van der Waals surface area contributed by atoms with Gasteiger partial charge in [-0.2, -0.15) is 0 Å². The maximum Gasteiger partial charge on any atom is 0.223 e. The summed E-state index contributed by atoms with van der Waals surface area (Å²) in [4.78, 5) is 12.1. The molecule has 2 aliphatic carbocycles. The van der Waals surface area contributed by atoms with Gasteiger partial charge in [-0.15, -0.1) is 0 Å². The summed E-state index contributed by atoms with van der Waals surface area (Å²) in [6, 6.07) is 0. The zero-order chi connectivity index (χ0) is 11.9. The molecule has 0 spiro atoms. The van der Waals surface area contributed by atoms with Gasteiger partial charge < -0.3 is 11.1 Å². The molecule has 0 aromatic carbocycles. The van der Waals surface area contributed by atoms with Gasteiger partial charge in [0.15, 0.2) is 0 Å². The molecule has 2 saturated carbocycles. The van der Waals surface area contributed by atoms with Crippen molar-refractivity contribution in [1.29, 1.82) is 0 Å². The minimum absolute atomic E-state index is 0.230. The first kappa shape index (κ1) is 11.9.